The van der Waals surface area contributed by atoms with E-state index < -0.39 is 0 Å². The number of hydrogen-bond acceptors (Lipinski definition) is 2. The van der Waals surface area contributed by atoms with Crippen LogP contribution in [0.4, 0.5) is 17.1 Å². The van der Waals surface area contributed by atoms with Crippen LogP contribution in [0.25, 0.3) is 81.0 Å². The fourth-order valence-electron chi connectivity index (χ4n) is 8.33. The molecule has 268 valence electrons. The minimum atomic E-state index is 1.11. The van der Waals surface area contributed by atoms with E-state index in [0.717, 1.165) is 17.1 Å². The second-order valence-electron chi connectivity index (χ2n) is 14.6. The summed E-state index contributed by atoms with van der Waals surface area (Å²) in [6, 6.07) is 79.4. The third-order valence-electron chi connectivity index (χ3n) is 11.2. The van der Waals surface area contributed by atoms with Crippen molar-refractivity contribution >= 4 is 71.1 Å². The molecule has 0 saturated heterocycles. The van der Waals surface area contributed by atoms with Crippen LogP contribution in [0.15, 0.2) is 218 Å². The first kappa shape index (κ1) is 33.2. The molecule has 0 N–H and O–H groups in total. The molecule has 11 rings (SSSR count). The van der Waals surface area contributed by atoms with Crippen molar-refractivity contribution in [2.45, 2.75) is 0 Å². The quantitative estimate of drug-likeness (QED) is 0.158. The molecule has 0 radical (unpaired) electrons. The van der Waals surface area contributed by atoms with Crippen molar-refractivity contribution in [3.05, 3.63) is 218 Å². The Kier molecular flexibility index (Phi) is 8.04. The largest absolute Gasteiger partial charge is 0.311 e. The molecular weight excluding hydrogens is 709 g/mol. The summed E-state index contributed by atoms with van der Waals surface area (Å²) in [7, 11) is 0. The highest BCUT2D eigenvalue weighted by molar-refractivity contribution is 7.22. The van der Waals surface area contributed by atoms with Crippen LogP contribution in [-0.4, -0.2) is 4.57 Å². The number of benzene rings is 9. The molecule has 2 nitrogen and oxygen atoms in total. The highest BCUT2D eigenvalue weighted by Gasteiger charge is 2.16. The molecule has 2 heterocycles. The Hall–Kier alpha value is -7.20. The second kappa shape index (κ2) is 13.8. The van der Waals surface area contributed by atoms with Gasteiger partial charge in [-0.3, -0.25) is 0 Å². The minimum Gasteiger partial charge on any atom is -0.311 e. The molecule has 9 aromatic carbocycles. The molecule has 11 aromatic rings. The number of anilines is 3. The van der Waals surface area contributed by atoms with E-state index in [9.17, 15) is 0 Å². The van der Waals surface area contributed by atoms with Gasteiger partial charge in [-0.15, -0.1) is 11.3 Å². The molecule has 0 atom stereocenters. The van der Waals surface area contributed by atoms with Crippen LogP contribution in [0.3, 0.4) is 0 Å². The fraction of sp³-hybridized carbons (Fsp3) is 0. The highest BCUT2D eigenvalue weighted by Crippen LogP contribution is 2.41. The Morgan fingerprint density at radius 3 is 1.56 bits per heavy atom. The van der Waals surface area contributed by atoms with Crippen molar-refractivity contribution in [3.8, 4) is 38.4 Å². The maximum Gasteiger partial charge on any atom is 0.0541 e. The Bertz CT molecular complexity index is 3180. The predicted molar refractivity (Wildman–Crippen MR) is 245 cm³/mol. The van der Waals surface area contributed by atoms with Crippen LogP contribution in [0, 0.1) is 0 Å². The van der Waals surface area contributed by atoms with Gasteiger partial charge in [0.15, 0.2) is 0 Å². The molecule has 0 amide bonds. The maximum atomic E-state index is 2.37. The summed E-state index contributed by atoms with van der Waals surface area (Å²) in [6.45, 7) is 0. The van der Waals surface area contributed by atoms with Gasteiger partial charge >= 0.3 is 0 Å². The monoisotopic (exact) mass is 744 g/mol. The number of aromatic nitrogens is 1. The first-order chi connectivity index (χ1) is 28.2. The molecular formula is C54H36N2S. The molecule has 0 aliphatic heterocycles. The molecule has 0 saturated carbocycles. The van der Waals surface area contributed by atoms with Crippen molar-refractivity contribution in [3.63, 3.8) is 0 Å². The predicted octanol–water partition coefficient (Wildman–Crippen LogP) is 15.6. The normalized spacial score (nSPS) is 11.5. The zero-order valence-electron chi connectivity index (χ0n) is 31.1. The van der Waals surface area contributed by atoms with Crippen molar-refractivity contribution in [1.29, 1.82) is 0 Å². The van der Waals surface area contributed by atoms with Gasteiger partial charge in [-0.25, -0.2) is 0 Å². The zero-order valence-corrected chi connectivity index (χ0v) is 31.9. The summed E-state index contributed by atoms with van der Waals surface area (Å²) in [5, 5.41) is 6.30. The van der Waals surface area contributed by atoms with Gasteiger partial charge in [0.25, 0.3) is 0 Å². The molecule has 3 heteroatoms. The SMILES string of the molecule is c1ccc(-n2c3ccccc3c3cc(-c4ccc(N(c5ccc(-c6ccc7ccccc7c6)cc5)c5ccc(-c6cc7ccccc7s6)cc5)cc4)ccc32)cc1. The molecule has 0 fully saturated rings. The zero-order chi connectivity index (χ0) is 37.7. The Balaban J connectivity index is 0.971. The van der Waals surface area contributed by atoms with E-state index in [1.807, 2.05) is 11.3 Å². The third-order valence-corrected chi connectivity index (χ3v) is 12.4. The van der Waals surface area contributed by atoms with Crippen LogP contribution in [0.2, 0.25) is 0 Å². The topological polar surface area (TPSA) is 8.17 Å². The van der Waals surface area contributed by atoms with E-state index in [1.54, 1.807) is 0 Å². The molecule has 57 heavy (non-hydrogen) atoms. The number of rotatable bonds is 7. The summed E-state index contributed by atoms with van der Waals surface area (Å²) in [5.74, 6) is 0. The molecule has 0 bridgehead atoms. The number of fused-ring (bicyclic) bond motifs is 5. The van der Waals surface area contributed by atoms with Crippen molar-refractivity contribution in [2.75, 3.05) is 4.90 Å². The van der Waals surface area contributed by atoms with Crippen LogP contribution in [-0.2, 0) is 0 Å². The molecule has 2 aromatic heterocycles. The summed E-state index contributed by atoms with van der Waals surface area (Å²) in [4.78, 5) is 3.64. The van der Waals surface area contributed by atoms with Crippen molar-refractivity contribution in [2.24, 2.45) is 0 Å². The molecule has 0 unspecified atom stereocenters. The van der Waals surface area contributed by atoms with Gasteiger partial charge in [0, 0.05) is 43.1 Å². The van der Waals surface area contributed by atoms with E-state index in [-0.39, 0.29) is 0 Å². The summed E-state index contributed by atoms with van der Waals surface area (Å²) in [5.41, 5.74) is 12.9. The van der Waals surface area contributed by atoms with E-state index >= 15 is 0 Å². The number of para-hydroxylation sites is 2. The first-order valence-electron chi connectivity index (χ1n) is 19.4. The Morgan fingerprint density at radius 2 is 0.860 bits per heavy atom. The van der Waals surface area contributed by atoms with Crippen molar-refractivity contribution < 1.29 is 0 Å². The lowest BCUT2D eigenvalue weighted by Crippen LogP contribution is -2.09. The smallest absolute Gasteiger partial charge is 0.0541 e. The maximum absolute atomic E-state index is 2.37. The van der Waals surface area contributed by atoms with E-state index in [4.69, 9.17) is 0 Å². The van der Waals surface area contributed by atoms with Gasteiger partial charge < -0.3 is 9.47 Å². The molecule has 0 aliphatic rings. The minimum absolute atomic E-state index is 1.11. The lowest BCUT2D eigenvalue weighted by molar-refractivity contribution is 1.18. The van der Waals surface area contributed by atoms with Crippen LogP contribution < -0.4 is 4.90 Å². The summed E-state index contributed by atoms with van der Waals surface area (Å²) in [6.07, 6.45) is 0. The molecule has 0 aliphatic carbocycles. The second-order valence-corrected chi connectivity index (χ2v) is 15.7. The Labute approximate surface area is 335 Å². The van der Waals surface area contributed by atoms with E-state index in [0.29, 0.717) is 0 Å². The summed E-state index contributed by atoms with van der Waals surface area (Å²) >= 11 is 1.84. The Morgan fingerprint density at radius 1 is 0.333 bits per heavy atom. The van der Waals surface area contributed by atoms with Crippen LogP contribution in [0.1, 0.15) is 0 Å². The highest BCUT2D eigenvalue weighted by atomic mass is 32.1. The van der Waals surface area contributed by atoms with E-state index in [1.165, 1.54) is 81.0 Å². The van der Waals surface area contributed by atoms with Gasteiger partial charge in [-0.2, -0.15) is 0 Å². The average molecular weight is 745 g/mol. The fourth-order valence-corrected chi connectivity index (χ4v) is 9.40. The van der Waals surface area contributed by atoms with Crippen molar-refractivity contribution in [1.82, 2.24) is 4.57 Å². The van der Waals surface area contributed by atoms with Crippen LogP contribution in [0.5, 0.6) is 0 Å². The van der Waals surface area contributed by atoms with Gasteiger partial charge in [0.1, 0.15) is 0 Å². The lowest BCUT2D eigenvalue weighted by Gasteiger charge is -2.26. The van der Waals surface area contributed by atoms with Gasteiger partial charge in [-0.1, -0.05) is 133 Å². The number of thiophene rings is 1. The number of hydrogen-bond donors (Lipinski definition) is 0. The van der Waals surface area contributed by atoms with Gasteiger partial charge in [0.2, 0.25) is 0 Å². The summed E-state index contributed by atoms with van der Waals surface area (Å²) < 4.78 is 3.68. The lowest BCUT2D eigenvalue weighted by atomic mass is 10.0. The molecule has 0 spiro atoms. The number of nitrogens with zero attached hydrogens (tertiary/aromatic N) is 2. The average Bonchev–Trinajstić information content (AvgIpc) is 3.87. The van der Waals surface area contributed by atoms with Gasteiger partial charge in [0.05, 0.1) is 11.0 Å². The third kappa shape index (κ3) is 5.97. The first-order valence-corrected chi connectivity index (χ1v) is 20.2. The van der Waals surface area contributed by atoms with Crippen LogP contribution >= 0.6 is 11.3 Å². The van der Waals surface area contributed by atoms with E-state index in [2.05, 4.69) is 228 Å². The standard InChI is InChI=1S/C54H36N2S/c1-2-13-45(14-3-1)56-51-16-8-7-15-49(51)50-35-43(26-33-52(50)56)39-22-29-47(30-23-39)55(48-31-24-40(25-32-48)54-36-44-12-6-9-17-53(44)57-54)46-27-20-38(21-28-46)42-19-18-37-10-4-5-11-41(37)34-42/h1-36H. The van der Waals surface area contributed by atoms with Gasteiger partial charge in [-0.05, 0) is 129 Å².